The number of rotatable bonds is 4. The van der Waals surface area contributed by atoms with Crippen LogP contribution in [-0.2, 0) is 9.59 Å². The normalized spacial score (nSPS) is 18.4. The van der Waals surface area contributed by atoms with E-state index in [0.29, 0.717) is 32.6 Å². The van der Waals surface area contributed by atoms with Gasteiger partial charge in [-0.2, -0.15) is 0 Å². The number of piperazine rings is 1. The van der Waals surface area contributed by atoms with Gasteiger partial charge in [0, 0.05) is 33.1 Å². The van der Waals surface area contributed by atoms with Gasteiger partial charge in [0.2, 0.25) is 5.91 Å². The summed E-state index contributed by atoms with van der Waals surface area (Å²) < 4.78 is 0. The van der Waals surface area contributed by atoms with E-state index in [2.05, 4.69) is 5.32 Å². The number of carboxylic acid groups (broad SMARTS) is 1. The zero-order valence-corrected chi connectivity index (χ0v) is 12.3. The van der Waals surface area contributed by atoms with Gasteiger partial charge in [0.05, 0.1) is 0 Å². The third kappa shape index (κ3) is 4.11. The topological polar surface area (TPSA) is 90.0 Å². The fourth-order valence-electron chi connectivity index (χ4n) is 2.13. The van der Waals surface area contributed by atoms with Crippen LogP contribution in [0.1, 0.15) is 27.2 Å². The first kappa shape index (κ1) is 16.3. The van der Waals surface area contributed by atoms with Crippen LogP contribution in [0.25, 0.3) is 0 Å². The lowest BCUT2D eigenvalue weighted by Crippen LogP contribution is -2.56. The maximum atomic E-state index is 12.1. The zero-order chi connectivity index (χ0) is 15.3. The van der Waals surface area contributed by atoms with E-state index >= 15 is 0 Å². The summed E-state index contributed by atoms with van der Waals surface area (Å²) >= 11 is 0. The molecule has 114 valence electrons. The van der Waals surface area contributed by atoms with Crippen LogP contribution >= 0.6 is 0 Å². The Balaban J connectivity index is 2.54. The SMILES string of the molecule is CC[C@H](C)[C@H](NC(=O)N1CCN(C(C)=O)CC1)C(=O)O. The van der Waals surface area contributed by atoms with Crippen molar-refractivity contribution in [1.29, 1.82) is 0 Å². The molecule has 1 aliphatic rings. The number of carbonyl (C=O) groups is 3. The lowest BCUT2D eigenvalue weighted by Gasteiger charge is -2.35. The van der Waals surface area contributed by atoms with E-state index in [-0.39, 0.29) is 17.9 Å². The molecule has 20 heavy (non-hydrogen) atoms. The molecule has 0 saturated carbocycles. The molecule has 2 N–H and O–H groups in total. The highest BCUT2D eigenvalue weighted by molar-refractivity contribution is 5.83. The van der Waals surface area contributed by atoms with Crippen molar-refractivity contribution in [2.75, 3.05) is 26.2 Å². The number of carboxylic acids is 1. The first-order valence-electron chi connectivity index (χ1n) is 6.90. The molecule has 2 atom stereocenters. The smallest absolute Gasteiger partial charge is 0.326 e. The van der Waals surface area contributed by atoms with Gasteiger partial charge in [0.1, 0.15) is 6.04 Å². The molecule has 1 saturated heterocycles. The minimum absolute atomic E-state index is 0.00641. The first-order valence-corrected chi connectivity index (χ1v) is 6.90. The van der Waals surface area contributed by atoms with Crippen LogP contribution in [0.5, 0.6) is 0 Å². The summed E-state index contributed by atoms with van der Waals surface area (Å²) in [6.45, 7) is 7.02. The van der Waals surface area contributed by atoms with Crippen molar-refractivity contribution in [3.63, 3.8) is 0 Å². The Morgan fingerprint density at radius 1 is 1.15 bits per heavy atom. The second kappa shape index (κ2) is 7.12. The zero-order valence-electron chi connectivity index (χ0n) is 12.3. The van der Waals surface area contributed by atoms with E-state index in [1.54, 1.807) is 16.7 Å². The third-order valence-electron chi connectivity index (χ3n) is 3.77. The van der Waals surface area contributed by atoms with Crippen molar-refractivity contribution in [3.8, 4) is 0 Å². The van der Waals surface area contributed by atoms with Gasteiger partial charge in [-0.1, -0.05) is 20.3 Å². The minimum atomic E-state index is -1.02. The van der Waals surface area contributed by atoms with Crippen molar-refractivity contribution in [2.45, 2.75) is 33.2 Å². The molecule has 7 nitrogen and oxygen atoms in total. The number of nitrogens with one attached hydrogen (secondary N) is 1. The van der Waals surface area contributed by atoms with Crippen molar-refractivity contribution >= 4 is 17.9 Å². The summed E-state index contributed by atoms with van der Waals surface area (Å²) in [7, 11) is 0. The van der Waals surface area contributed by atoms with Gasteiger partial charge in [-0.25, -0.2) is 9.59 Å². The molecule has 0 spiro atoms. The fraction of sp³-hybridized carbons (Fsp3) is 0.769. The summed E-state index contributed by atoms with van der Waals surface area (Å²) in [4.78, 5) is 37.7. The van der Waals surface area contributed by atoms with Crippen molar-refractivity contribution in [1.82, 2.24) is 15.1 Å². The van der Waals surface area contributed by atoms with E-state index in [1.165, 1.54) is 6.92 Å². The number of nitrogens with zero attached hydrogens (tertiary/aromatic N) is 2. The van der Waals surface area contributed by atoms with Crippen LogP contribution in [0.4, 0.5) is 4.79 Å². The van der Waals surface area contributed by atoms with E-state index in [1.807, 2.05) is 6.92 Å². The highest BCUT2D eigenvalue weighted by Crippen LogP contribution is 2.09. The molecule has 1 aliphatic heterocycles. The Kier molecular flexibility index (Phi) is 5.79. The third-order valence-corrected chi connectivity index (χ3v) is 3.77. The van der Waals surface area contributed by atoms with E-state index in [4.69, 9.17) is 5.11 Å². The van der Waals surface area contributed by atoms with Gasteiger partial charge >= 0.3 is 12.0 Å². The highest BCUT2D eigenvalue weighted by Gasteiger charge is 2.29. The Labute approximate surface area is 118 Å². The average molecular weight is 285 g/mol. The summed E-state index contributed by atoms with van der Waals surface area (Å²) in [5.74, 6) is -1.15. The Hall–Kier alpha value is -1.79. The molecule has 1 fully saturated rings. The summed E-state index contributed by atoms with van der Waals surface area (Å²) in [6.07, 6.45) is 0.676. The fourth-order valence-corrected chi connectivity index (χ4v) is 2.13. The summed E-state index contributed by atoms with van der Waals surface area (Å²) in [5, 5.41) is 11.7. The lowest BCUT2D eigenvalue weighted by atomic mass is 9.99. The predicted molar refractivity (Wildman–Crippen MR) is 73.2 cm³/mol. The largest absolute Gasteiger partial charge is 0.480 e. The van der Waals surface area contributed by atoms with Crippen molar-refractivity contribution in [3.05, 3.63) is 0 Å². The van der Waals surface area contributed by atoms with Gasteiger partial charge in [0.25, 0.3) is 0 Å². The molecule has 7 heteroatoms. The van der Waals surface area contributed by atoms with Crippen LogP contribution < -0.4 is 5.32 Å². The number of amides is 3. The van der Waals surface area contributed by atoms with E-state index in [0.717, 1.165) is 0 Å². The molecule has 1 rings (SSSR count). The van der Waals surface area contributed by atoms with E-state index in [9.17, 15) is 14.4 Å². The van der Waals surface area contributed by atoms with E-state index < -0.39 is 12.0 Å². The molecule has 3 amide bonds. The number of hydrogen-bond acceptors (Lipinski definition) is 3. The maximum Gasteiger partial charge on any atom is 0.326 e. The Bertz CT molecular complexity index is 378. The van der Waals surface area contributed by atoms with Crippen molar-refractivity contribution in [2.24, 2.45) is 5.92 Å². The number of hydrogen-bond donors (Lipinski definition) is 2. The van der Waals surface area contributed by atoms with Crippen LogP contribution in [0.2, 0.25) is 0 Å². The lowest BCUT2D eigenvalue weighted by molar-refractivity contribution is -0.140. The highest BCUT2D eigenvalue weighted by atomic mass is 16.4. The quantitative estimate of drug-likeness (QED) is 0.780. The molecular weight excluding hydrogens is 262 g/mol. The Morgan fingerprint density at radius 2 is 1.65 bits per heavy atom. The standard InChI is InChI=1S/C13H23N3O4/c1-4-9(2)11(12(18)19)14-13(20)16-7-5-15(6-8-16)10(3)17/h9,11H,4-8H2,1-3H3,(H,14,20)(H,18,19)/t9-,11-/m0/s1. The molecule has 0 aromatic carbocycles. The number of carbonyl (C=O) groups excluding carboxylic acids is 2. The summed E-state index contributed by atoms with van der Waals surface area (Å²) in [5.41, 5.74) is 0. The molecule has 0 unspecified atom stereocenters. The molecule has 0 bridgehead atoms. The maximum absolute atomic E-state index is 12.1. The second-order valence-corrected chi connectivity index (χ2v) is 5.14. The summed E-state index contributed by atoms with van der Waals surface area (Å²) in [6, 6.07) is -1.25. The van der Waals surface area contributed by atoms with Crippen LogP contribution in [0.3, 0.4) is 0 Å². The van der Waals surface area contributed by atoms with Crippen molar-refractivity contribution < 1.29 is 19.5 Å². The Morgan fingerprint density at radius 3 is 2.05 bits per heavy atom. The van der Waals surface area contributed by atoms with Gasteiger partial charge in [0.15, 0.2) is 0 Å². The number of urea groups is 1. The van der Waals surface area contributed by atoms with Gasteiger partial charge < -0.3 is 20.2 Å². The number of aliphatic carboxylic acids is 1. The van der Waals surface area contributed by atoms with Gasteiger partial charge in [-0.05, 0) is 5.92 Å². The molecular formula is C13H23N3O4. The van der Waals surface area contributed by atoms with Crippen LogP contribution in [-0.4, -0.2) is 65.0 Å². The predicted octanol–water partition coefficient (Wildman–Crippen LogP) is 0.359. The van der Waals surface area contributed by atoms with Crippen LogP contribution in [0, 0.1) is 5.92 Å². The molecule has 0 aromatic rings. The molecule has 0 aliphatic carbocycles. The average Bonchev–Trinajstić information content (AvgIpc) is 2.43. The monoisotopic (exact) mass is 285 g/mol. The molecule has 0 aromatic heterocycles. The second-order valence-electron chi connectivity index (χ2n) is 5.14. The van der Waals surface area contributed by atoms with Gasteiger partial charge in [-0.3, -0.25) is 4.79 Å². The first-order chi connectivity index (χ1) is 9.36. The molecule has 0 radical (unpaired) electrons. The molecule has 1 heterocycles. The van der Waals surface area contributed by atoms with Gasteiger partial charge in [-0.15, -0.1) is 0 Å². The minimum Gasteiger partial charge on any atom is -0.480 e. The van der Waals surface area contributed by atoms with Crippen LogP contribution in [0.15, 0.2) is 0 Å².